The van der Waals surface area contributed by atoms with E-state index in [0.29, 0.717) is 11.7 Å². The van der Waals surface area contributed by atoms with Crippen LogP contribution in [0.15, 0.2) is 0 Å². The molecular weight excluding hydrogens is 152 g/mol. The Kier molecular flexibility index (Phi) is 1.45. The zero-order valence-corrected chi connectivity index (χ0v) is 8.02. The van der Waals surface area contributed by atoms with Gasteiger partial charge in [0.15, 0.2) is 5.78 Å². The molecule has 0 aromatic heterocycles. The highest BCUT2D eigenvalue weighted by Gasteiger charge is 2.53. The number of hydrogen-bond acceptors (Lipinski definition) is 2. The Labute approximate surface area is 73.3 Å². The Morgan fingerprint density at radius 1 is 1.42 bits per heavy atom. The van der Waals surface area contributed by atoms with Crippen LogP contribution in [0.3, 0.4) is 0 Å². The Hall–Kier alpha value is -0.370. The first-order valence-electron chi connectivity index (χ1n) is 4.67. The topological polar surface area (TPSA) is 26.3 Å². The van der Waals surface area contributed by atoms with E-state index >= 15 is 0 Å². The molecule has 2 heterocycles. The average Bonchev–Trinajstić information content (AvgIpc) is 1.91. The maximum Gasteiger partial charge on any atom is 0.164 e. The smallest absolute Gasteiger partial charge is 0.164 e. The van der Waals surface area contributed by atoms with E-state index in [2.05, 4.69) is 13.8 Å². The van der Waals surface area contributed by atoms with Crippen molar-refractivity contribution in [2.24, 2.45) is 5.92 Å². The lowest BCUT2D eigenvalue weighted by atomic mass is 9.68. The fraction of sp³-hybridized carbons (Fsp3) is 0.900. The Balaban J connectivity index is 2.32. The summed E-state index contributed by atoms with van der Waals surface area (Å²) >= 11 is 0. The predicted molar refractivity (Wildman–Crippen MR) is 45.9 cm³/mol. The van der Waals surface area contributed by atoms with Crippen molar-refractivity contribution in [1.29, 1.82) is 0 Å². The summed E-state index contributed by atoms with van der Waals surface area (Å²) in [5.74, 6) is 0.755. The highest BCUT2D eigenvalue weighted by Crippen LogP contribution is 2.47. The minimum atomic E-state index is -0.460. The van der Waals surface area contributed by atoms with Gasteiger partial charge in [-0.25, -0.2) is 0 Å². The van der Waals surface area contributed by atoms with Crippen LogP contribution < -0.4 is 0 Å². The molecule has 0 N–H and O–H groups in total. The molecule has 12 heavy (non-hydrogen) atoms. The maximum absolute atomic E-state index is 11.5. The van der Waals surface area contributed by atoms with E-state index in [1.54, 1.807) is 0 Å². The first kappa shape index (κ1) is 8.24. The van der Waals surface area contributed by atoms with Crippen molar-refractivity contribution >= 4 is 5.78 Å². The van der Waals surface area contributed by atoms with Crippen LogP contribution in [0.2, 0.25) is 0 Å². The Morgan fingerprint density at radius 2 is 2.08 bits per heavy atom. The van der Waals surface area contributed by atoms with E-state index in [1.807, 2.05) is 6.92 Å². The van der Waals surface area contributed by atoms with Gasteiger partial charge in [0.25, 0.3) is 0 Å². The molecular formula is C10H16O2. The Bertz CT molecular complexity index is 232. The molecule has 2 saturated heterocycles. The molecule has 2 nitrogen and oxygen atoms in total. The minimum absolute atomic E-state index is 0.0824. The molecule has 3 aliphatic rings. The SMILES string of the molecule is CC1(C)O[C@@]2(C)CC[C@H]1CC2=O. The molecule has 3 rings (SSSR count). The van der Waals surface area contributed by atoms with Crippen LogP contribution in [-0.4, -0.2) is 17.0 Å². The fourth-order valence-electron chi connectivity index (χ4n) is 2.50. The van der Waals surface area contributed by atoms with E-state index in [4.69, 9.17) is 4.74 Å². The van der Waals surface area contributed by atoms with Gasteiger partial charge in [0.2, 0.25) is 0 Å². The molecule has 1 saturated carbocycles. The third kappa shape index (κ3) is 0.939. The van der Waals surface area contributed by atoms with Gasteiger partial charge in [0, 0.05) is 6.42 Å². The lowest BCUT2D eigenvalue weighted by Crippen LogP contribution is -2.59. The van der Waals surface area contributed by atoms with E-state index in [-0.39, 0.29) is 5.60 Å². The molecule has 2 heteroatoms. The zero-order valence-electron chi connectivity index (χ0n) is 8.02. The monoisotopic (exact) mass is 168 g/mol. The lowest BCUT2D eigenvalue weighted by Gasteiger charge is -2.52. The molecule has 3 fully saturated rings. The maximum atomic E-state index is 11.5. The summed E-state index contributed by atoms with van der Waals surface area (Å²) in [6.45, 7) is 6.13. The molecule has 0 aromatic carbocycles. The van der Waals surface area contributed by atoms with Crippen LogP contribution in [0.5, 0.6) is 0 Å². The number of fused-ring (bicyclic) bond motifs is 3. The van der Waals surface area contributed by atoms with E-state index in [0.717, 1.165) is 19.3 Å². The quantitative estimate of drug-likeness (QED) is 0.552. The van der Waals surface area contributed by atoms with Crippen molar-refractivity contribution in [1.82, 2.24) is 0 Å². The van der Waals surface area contributed by atoms with Gasteiger partial charge in [-0.2, -0.15) is 0 Å². The van der Waals surface area contributed by atoms with Crippen molar-refractivity contribution < 1.29 is 9.53 Å². The molecule has 0 spiro atoms. The summed E-state index contributed by atoms with van der Waals surface area (Å²) in [5, 5.41) is 0. The third-order valence-corrected chi connectivity index (χ3v) is 3.46. The normalized spacial score (nSPS) is 44.9. The number of ketones is 1. The first-order valence-corrected chi connectivity index (χ1v) is 4.67. The van der Waals surface area contributed by atoms with E-state index < -0.39 is 5.60 Å². The number of ether oxygens (including phenoxy) is 1. The van der Waals surface area contributed by atoms with Crippen molar-refractivity contribution in [3.63, 3.8) is 0 Å². The molecule has 0 radical (unpaired) electrons. The summed E-state index contributed by atoms with van der Waals surface area (Å²) in [7, 11) is 0. The van der Waals surface area contributed by atoms with Gasteiger partial charge in [-0.3, -0.25) is 4.79 Å². The van der Waals surface area contributed by atoms with Gasteiger partial charge in [-0.05, 0) is 39.5 Å². The summed E-state index contributed by atoms with van der Waals surface area (Å²) in [6, 6.07) is 0. The number of carbonyl (C=O) groups is 1. The van der Waals surface area contributed by atoms with Gasteiger partial charge < -0.3 is 4.74 Å². The third-order valence-electron chi connectivity index (χ3n) is 3.46. The van der Waals surface area contributed by atoms with Gasteiger partial charge in [-0.1, -0.05) is 0 Å². The lowest BCUT2D eigenvalue weighted by molar-refractivity contribution is -0.220. The van der Waals surface area contributed by atoms with Crippen LogP contribution >= 0.6 is 0 Å². The largest absolute Gasteiger partial charge is 0.361 e. The summed E-state index contributed by atoms with van der Waals surface area (Å²) < 4.78 is 5.82. The molecule has 2 aliphatic heterocycles. The molecule has 0 aromatic rings. The second kappa shape index (κ2) is 2.11. The highest BCUT2D eigenvalue weighted by molar-refractivity contribution is 5.88. The molecule has 1 aliphatic carbocycles. The average molecular weight is 168 g/mol. The predicted octanol–water partition coefficient (Wildman–Crippen LogP) is 1.92. The second-order valence-corrected chi connectivity index (χ2v) is 4.80. The van der Waals surface area contributed by atoms with Gasteiger partial charge in [0.1, 0.15) is 5.60 Å². The summed E-state index contributed by atoms with van der Waals surface area (Å²) in [4.78, 5) is 11.5. The molecule has 0 amide bonds. The molecule has 2 atom stereocenters. The van der Waals surface area contributed by atoms with Crippen LogP contribution in [0.4, 0.5) is 0 Å². The minimum Gasteiger partial charge on any atom is -0.361 e. The number of rotatable bonds is 0. The van der Waals surface area contributed by atoms with Crippen molar-refractivity contribution in [2.45, 2.75) is 51.2 Å². The molecule has 68 valence electrons. The van der Waals surface area contributed by atoms with Crippen LogP contribution in [0.25, 0.3) is 0 Å². The van der Waals surface area contributed by atoms with Crippen LogP contribution in [-0.2, 0) is 9.53 Å². The summed E-state index contributed by atoms with van der Waals surface area (Å²) in [5.41, 5.74) is -0.542. The molecule has 0 unspecified atom stereocenters. The summed E-state index contributed by atoms with van der Waals surface area (Å²) in [6.07, 6.45) is 2.79. The van der Waals surface area contributed by atoms with Crippen LogP contribution in [0, 0.1) is 5.92 Å². The standard InChI is InChI=1S/C10H16O2/c1-9(2)7-4-5-10(3,12-9)8(11)6-7/h7H,4-6H2,1-3H3/t7-,10-/m0/s1. The Morgan fingerprint density at radius 3 is 2.42 bits per heavy atom. The van der Waals surface area contributed by atoms with Crippen molar-refractivity contribution in [2.75, 3.05) is 0 Å². The number of hydrogen-bond donors (Lipinski definition) is 0. The fourth-order valence-corrected chi connectivity index (χ4v) is 2.50. The van der Waals surface area contributed by atoms with Gasteiger partial charge in [-0.15, -0.1) is 0 Å². The van der Waals surface area contributed by atoms with Crippen LogP contribution in [0.1, 0.15) is 40.0 Å². The number of Topliss-reactive ketones (excluding diaryl/α,β-unsaturated/α-hetero) is 1. The van der Waals surface area contributed by atoms with Gasteiger partial charge in [0.05, 0.1) is 5.60 Å². The second-order valence-electron chi connectivity index (χ2n) is 4.80. The van der Waals surface area contributed by atoms with E-state index in [9.17, 15) is 4.79 Å². The van der Waals surface area contributed by atoms with E-state index in [1.165, 1.54) is 0 Å². The number of carbonyl (C=O) groups excluding carboxylic acids is 1. The first-order chi connectivity index (χ1) is 5.44. The van der Waals surface area contributed by atoms with Crippen molar-refractivity contribution in [3.8, 4) is 0 Å². The zero-order chi connectivity index (χ0) is 8.98. The molecule has 2 bridgehead atoms. The highest BCUT2D eigenvalue weighted by atomic mass is 16.5. The van der Waals surface area contributed by atoms with Gasteiger partial charge >= 0.3 is 0 Å². The van der Waals surface area contributed by atoms with Crippen molar-refractivity contribution in [3.05, 3.63) is 0 Å².